The highest BCUT2D eigenvalue weighted by Crippen LogP contribution is 2.24. The lowest BCUT2D eigenvalue weighted by atomic mass is 10.1. The molecule has 1 fully saturated rings. The van der Waals surface area contributed by atoms with Gasteiger partial charge in [0, 0.05) is 24.8 Å². The second kappa shape index (κ2) is 6.27. The number of nitrogens with one attached hydrogen (secondary N) is 1. The summed E-state index contributed by atoms with van der Waals surface area (Å²) >= 11 is 5.48. The molecule has 22 heavy (non-hydrogen) atoms. The van der Waals surface area contributed by atoms with Crippen LogP contribution < -0.4 is 5.32 Å². The van der Waals surface area contributed by atoms with Crippen LogP contribution in [-0.2, 0) is 14.4 Å². The Kier molecular flexibility index (Phi) is 4.60. The van der Waals surface area contributed by atoms with Gasteiger partial charge in [-0.05, 0) is 12.5 Å². The Morgan fingerprint density at radius 1 is 1.32 bits per heavy atom. The van der Waals surface area contributed by atoms with Gasteiger partial charge in [0.1, 0.15) is 0 Å². The minimum atomic E-state index is -1.59. The van der Waals surface area contributed by atoms with E-state index < -0.39 is 40.4 Å². The van der Waals surface area contributed by atoms with Crippen molar-refractivity contribution in [3.05, 3.63) is 28.8 Å². The molecule has 0 saturated carbocycles. The normalized spacial score (nSPS) is 17.4. The van der Waals surface area contributed by atoms with Crippen LogP contribution in [-0.4, -0.2) is 40.9 Å². The number of carbonyl (C=O) groups is 3. The summed E-state index contributed by atoms with van der Waals surface area (Å²) in [7, 11) is 0. The number of benzene rings is 1. The van der Waals surface area contributed by atoms with Gasteiger partial charge >= 0.3 is 11.9 Å². The Bertz CT molecular complexity index is 630. The molecular weight excluding hydrogens is 322 g/mol. The van der Waals surface area contributed by atoms with Crippen LogP contribution in [0.2, 0.25) is 5.02 Å². The molecule has 1 unspecified atom stereocenters. The topological polar surface area (TPSA) is 86.7 Å². The second-order valence-electron chi connectivity index (χ2n) is 4.79. The summed E-state index contributed by atoms with van der Waals surface area (Å²) in [5.74, 6) is -6.23. The molecule has 9 heteroatoms. The molecule has 1 aliphatic heterocycles. The molecule has 0 bridgehead atoms. The van der Waals surface area contributed by atoms with Crippen LogP contribution in [0.1, 0.15) is 6.42 Å². The molecule has 2 amide bonds. The van der Waals surface area contributed by atoms with Crippen molar-refractivity contribution in [2.24, 2.45) is 5.92 Å². The van der Waals surface area contributed by atoms with E-state index in [0.29, 0.717) is 0 Å². The van der Waals surface area contributed by atoms with Crippen molar-refractivity contribution in [1.29, 1.82) is 0 Å². The first kappa shape index (κ1) is 16.2. The van der Waals surface area contributed by atoms with Crippen LogP contribution in [0.5, 0.6) is 0 Å². The fraction of sp³-hybridized carbons (Fsp3) is 0.308. The first-order chi connectivity index (χ1) is 10.3. The zero-order chi connectivity index (χ0) is 16.4. The Morgan fingerprint density at radius 3 is 2.59 bits per heavy atom. The average molecular weight is 333 g/mol. The zero-order valence-corrected chi connectivity index (χ0v) is 11.9. The van der Waals surface area contributed by atoms with E-state index >= 15 is 0 Å². The molecule has 1 aliphatic rings. The second-order valence-corrected chi connectivity index (χ2v) is 5.19. The summed E-state index contributed by atoms with van der Waals surface area (Å²) < 4.78 is 26.2. The molecule has 2 rings (SSSR count). The summed E-state index contributed by atoms with van der Waals surface area (Å²) in [6, 6.07) is 1.85. The van der Waals surface area contributed by atoms with Crippen molar-refractivity contribution >= 4 is 35.1 Å². The van der Waals surface area contributed by atoms with E-state index in [4.69, 9.17) is 16.7 Å². The maximum absolute atomic E-state index is 13.2. The third-order valence-corrected chi connectivity index (χ3v) is 3.56. The molecule has 2 N–H and O–H groups in total. The first-order valence-electron chi connectivity index (χ1n) is 6.27. The molecule has 1 saturated heterocycles. The Balaban J connectivity index is 2.02. The third kappa shape index (κ3) is 3.33. The van der Waals surface area contributed by atoms with Gasteiger partial charge in [0.25, 0.3) is 0 Å². The number of carbonyl (C=O) groups excluding carboxylic acids is 2. The molecule has 1 aromatic rings. The minimum Gasteiger partial charge on any atom is -0.474 e. The number of amides is 2. The lowest BCUT2D eigenvalue weighted by Crippen LogP contribution is -2.36. The monoisotopic (exact) mass is 332 g/mol. The highest BCUT2D eigenvalue weighted by atomic mass is 35.5. The highest BCUT2D eigenvalue weighted by Gasteiger charge is 2.33. The number of rotatable bonds is 2. The fourth-order valence-corrected chi connectivity index (χ4v) is 2.37. The van der Waals surface area contributed by atoms with Crippen LogP contribution in [0, 0.1) is 17.6 Å². The molecule has 0 aliphatic carbocycles. The molecule has 118 valence electrons. The fourth-order valence-electron chi connectivity index (χ4n) is 2.17. The van der Waals surface area contributed by atoms with Crippen molar-refractivity contribution in [3.63, 3.8) is 0 Å². The highest BCUT2D eigenvalue weighted by molar-refractivity contribution is 6.31. The van der Waals surface area contributed by atoms with Crippen LogP contribution in [0.3, 0.4) is 0 Å². The van der Waals surface area contributed by atoms with Gasteiger partial charge in [-0.15, -0.1) is 0 Å². The summed E-state index contributed by atoms with van der Waals surface area (Å²) in [4.78, 5) is 34.9. The molecule has 0 aromatic heterocycles. The van der Waals surface area contributed by atoms with E-state index in [-0.39, 0.29) is 25.2 Å². The van der Waals surface area contributed by atoms with Crippen molar-refractivity contribution in [3.8, 4) is 0 Å². The van der Waals surface area contributed by atoms with Crippen molar-refractivity contribution in [1.82, 2.24) is 4.90 Å². The molecule has 6 nitrogen and oxygen atoms in total. The Hall–Kier alpha value is -2.22. The van der Waals surface area contributed by atoms with Crippen LogP contribution in [0.25, 0.3) is 0 Å². The number of hydrogen-bond donors (Lipinski definition) is 2. The number of nitrogens with zero attached hydrogens (tertiary/aromatic N) is 1. The maximum atomic E-state index is 13.2. The number of hydrogen-bond acceptors (Lipinski definition) is 3. The number of carboxylic acid groups (broad SMARTS) is 1. The first-order valence-corrected chi connectivity index (χ1v) is 6.65. The van der Waals surface area contributed by atoms with Crippen molar-refractivity contribution in [2.45, 2.75) is 6.42 Å². The SMILES string of the molecule is O=C(O)C(=O)N1CCC(C(=O)Nc2cc(F)c(F)c(Cl)c2)C1. The number of carboxylic acids is 1. The van der Waals surface area contributed by atoms with E-state index in [1.54, 1.807) is 0 Å². The lowest BCUT2D eigenvalue weighted by Gasteiger charge is -2.14. The largest absolute Gasteiger partial charge is 0.474 e. The molecule has 0 radical (unpaired) electrons. The molecular formula is C13H11ClF2N2O4. The minimum absolute atomic E-state index is 0.0167. The van der Waals surface area contributed by atoms with Gasteiger partial charge in [-0.3, -0.25) is 9.59 Å². The number of likely N-dealkylation sites (tertiary alicyclic amines) is 1. The smallest absolute Gasteiger partial charge is 0.394 e. The number of anilines is 1. The number of aliphatic carboxylic acids is 1. The van der Waals surface area contributed by atoms with Crippen molar-refractivity contribution < 1.29 is 28.3 Å². The third-order valence-electron chi connectivity index (χ3n) is 3.28. The van der Waals surface area contributed by atoms with E-state index in [2.05, 4.69) is 5.32 Å². The average Bonchev–Trinajstić information content (AvgIpc) is 2.93. The van der Waals surface area contributed by atoms with E-state index in [1.807, 2.05) is 0 Å². The standard InChI is InChI=1S/C13H11ClF2N2O4/c14-8-3-7(4-9(15)10(8)16)17-11(19)6-1-2-18(5-6)12(20)13(21)22/h3-4,6H,1-2,5H2,(H,17,19)(H,21,22). The van der Waals surface area contributed by atoms with E-state index in [1.165, 1.54) is 0 Å². The van der Waals surface area contributed by atoms with Crippen LogP contribution in [0.4, 0.5) is 14.5 Å². The predicted octanol–water partition coefficient (Wildman–Crippen LogP) is 1.49. The van der Waals surface area contributed by atoms with Gasteiger partial charge in [0.15, 0.2) is 11.6 Å². The van der Waals surface area contributed by atoms with E-state index in [9.17, 15) is 23.2 Å². The summed E-state index contributed by atoms with van der Waals surface area (Å²) in [5.41, 5.74) is -0.0167. The van der Waals surface area contributed by atoms with Gasteiger partial charge in [-0.2, -0.15) is 0 Å². The van der Waals surface area contributed by atoms with Gasteiger partial charge in [-0.1, -0.05) is 11.6 Å². The maximum Gasteiger partial charge on any atom is 0.394 e. The van der Waals surface area contributed by atoms with Gasteiger partial charge in [-0.25, -0.2) is 13.6 Å². The predicted molar refractivity (Wildman–Crippen MR) is 72.3 cm³/mol. The van der Waals surface area contributed by atoms with Gasteiger partial charge < -0.3 is 15.3 Å². The van der Waals surface area contributed by atoms with Gasteiger partial charge in [0.05, 0.1) is 10.9 Å². The van der Waals surface area contributed by atoms with Crippen LogP contribution in [0.15, 0.2) is 12.1 Å². The zero-order valence-electron chi connectivity index (χ0n) is 11.1. The molecule has 1 atom stereocenters. The van der Waals surface area contributed by atoms with Crippen LogP contribution >= 0.6 is 11.6 Å². The summed E-state index contributed by atoms with van der Waals surface area (Å²) in [6.07, 6.45) is 0.280. The van der Waals surface area contributed by atoms with Gasteiger partial charge in [0.2, 0.25) is 5.91 Å². The Morgan fingerprint density at radius 2 is 2.00 bits per heavy atom. The summed E-state index contributed by atoms with van der Waals surface area (Å²) in [5, 5.41) is 10.5. The molecule has 1 heterocycles. The quantitative estimate of drug-likeness (QED) is 0.634. The van der Waals surface area contributed by atoms with E-state index in [0.717, 1.165) is 17.0 Å². The summed E-state index contributed by atoms with van der Waals surface area (Å²) in [6.45, 7) is 0.0934. The molecule has 0 spiro atoms. The molecule has 1 aromatic carbocycles. The number of halogens is 3. The Labute approximate surface area is 128 Å². The van der Waals surface area contributed by atoms with Crippen molar-refractivity contribution in [2.75, 3.05) is 18.4 Å². The lowest BCUT2D eigenvalue weighted by molar-refractivity contribution is -0.155.